The van der Waals surface area contributed by atoms with Crippen molar-refractivity contribution in [3.63, 3.8) is 0 Å². The Labute approximate surface area is 107 Å². The summed E-state index contributed by atoms with van der Waals surface area (Å²) in [5, 5.41) is 14.1. The van der Waals surface area contributed by atoms with Gasteiger partial charge in [-0.2, -0.15) is 0 Å². The van der Waals surface area contributed by atoms with Gasteiger partial charge in [-0.25, -0.2) is 4.79 Å². The van der Waals surface area contributed by atoms with E-state index in [1.54, 1.807) is 0 Å². The van der Waals surface area contributed by atoms with Gasteiger partial charge in [0.2, 0.25) is 0 Å². The zero-order valence-corrected chi connectivity index (χ0v) is 10.9. The highest BCUT2D eigenvalue weighted by atomic mass is 16.5. The van der Waals surface area contributed by atoms with Crippen LogP contribution in [0.3, 0.4) is 0 Å². The Morgan fingerprint density at radius 3 is 2.67 bits per heavy atom. The maximum Gasteiger partial charge on any atom is 0.315 e. The molecule has 1 rings (SSSR count). The molecule has 0 aliphatic carbocycles. The van der Waals surface area contributed by atoms with Crippen molar-refractivity contribution in [2.45, 2.75) is 57.7 Å². The first-order valence-corrected chi connectivity index (χ1v) is 6.43. The monoisotopic (exact) mass is 258 g/mol. The highest BCUT2D eigenvalue weighted by Gasteiger charge is 2.24. The normalized spacial score (nSPS) is 22.2. The minimum atomic E-state index is -0.908. The number of carbonyl (C=O) groups is 2. The van der Waals surface area contributed by atoms with Crippen LogP contribution in [-0.4, -0.2) is 41.9 Å². The number of carboxylic acids is 1. The van der Waals surface area contributed by atoms with Crippen molar-refractivity contribution in [3.8, 4) is 0 Å². The van der Waals surface area contributed by atoms with Gasteiger partial charge < -0.3 is 20.5 Å². The molecule has 0 aromatic heterocycles. The standard InChI is InChI=1S/C12H22N2O4/c1-3-9(7-11(15)16)14-12(17)13-8(2)10-5-4-6-18-10/h8-10H,3-7H2,1-2H3,(H,15,16)(H2,13,14,17). The third-order valence-electron chi connectivity index (χ3n) is 3.13. The SMILES string of the molecule is CCC(CC(=O)O)NC(=O)NC(C)C1CCCO1. The van der Waals surface area contributed by atoms with Gasteiger partial charge in [-0.1, -0.05) is 6.92 Å². The summed E-state index contributed by atoms with van der Waals surface area (Å²) in [5.41, 5.74) is 0. The van der Waals surface area contributed by atoms with Gasteiger partial charge in [0, 0.05) is 12.6 Å². The molecular formula is C12H22N2O4. The van der Waals surface area contributed by atoms with E-state index in [9.17, 15) is 9.59 Å². The van der Waals surface area contributed by atoms with Gasteiger partial charge >= 0.3 is 12.0 Å². The fraction of sp³-hybridized carbons (Fsp3) is 0.833. The Morgan fingerprint density at radius 1 is 1.44 bits per heavy atom. The van der Waals surface area contributed by atoms with Crippen LogP contribution < -0.4 is 10.6 Å². The van der Waals surface area contributed by atoms with E-state index < -0.39 is 5.97 Å². The van der Waals surface area contributed by atoms with Crippen LogP contribution in [0.4, 0.5) is 4.79 Å². The lowest BCUT2D eigenvalue weighted by atomic mass is 10.1. The molecule has 1 saturated heterocycles. The summed E-state index contributed by atoms with van der Waals surface area (Å²) >= 11 is 0. The number of urea groups is 1. The molecule has 6 nitrogen and oxygen atoms in total. The van der Waals surface area contributed by atoms with Crippen molar-refractivity contribution in [3.05, 3.63) is 0 Å². The lowest BCUT2D eigenvalue weighted by Gasteiger charge is -2.22. The molecular weight excluding hydrogens is 236 g/mol. The number of carboxylic acid groups (broad SMARTS) is 1. The summed E-state index contributed by atoms with van der Waals surface area (Å²) in [4.78, 5) is 22.3. The first-order valence-electron chi connectivity index (χ1n) is 6.43. The molecule has 0 bridgehead atoms. The van der Waals surface area contributed by atoms with Gasteiger partial charge in [0.05, 0.1) is 18.6 Å². The van der Waals surface area contributed by atoms with Gasteiger partial charge in [-0.3, -0.25) is 4.79 Å². The van der Waals surface area contributed by atoms with Crippen LogP contribution in [0.25, 0.3) is 0 Å². The van der Waals surface area contributed by atoms with Crippen LogP contribution in [0.1, 0.15) is 39.5 Å². The molecule has 0 spiro atoms. The highest BCUT2D eigenvalue weighted by molar-refractivity contribution is 5.76. The van der Waals surface area contributed by atoms with Gasteiger partial charge in [0.25, 0.3) is 0 Å². The van der Waals surface area contributed by atoms with Crippen LogP contribution in [0.5, 0.6) is 0 Å². The van der Waals surface area contributed by atoms with Gasteiger partial charge in [0.15, 0.2) is 0 Å². The lowest BCUT2D eigenvalue weighted by Crippen LogP contribution is -2.49. The average Bonchev–Trinajstić information content (AvgIpc) is 2.80. The summed E-state index contributed by atoms with van der Waals surface area (Å²) < 4.78 is 5.47. The largest absolute Gasteiger partial charge is 0.481 e. The molecule has 1 aliphatic heterocycles. The first kappa shape index (κ1) is 14.8. The van der Waals surface area contributed by atoms with Crippen molar-refractivity contribution in [1.29, 1.82) is 0 Å². The Bertz CT molecular complexity index is 290. The van der Waals surface area contributed by atoms with Crippen molar-refractivity contribution in [2.75, 3.05) is 6.61 Å². The average molecular weight is 258 g/mol. The highest BCUT2D eigenvalue weighted by Crippen LogP contribution is 2.15. The third-order valence-corrected chi connectivity index (χ3v) is 3.13. The summed E-state index contributed by atoms with van der Waals surface area (Å²) in [6.07, 6.45) is 2.57. The molecule has 0 aromatic rings. The van der Waals surface area contributed by atoms with Crippen molar-refractivity contribution in [1.82, 2.24) is 10.6 Å². The molecule has 1 aliphatic rings. The predicted molar refractivity (Wildman–Crippen MR) is 66.4 cm³/mol. The van der Waals surface area contributed by atoms with Crippen molar-refractivity contribution >= 4 is 12.0 Å². The van der Waals surface area contributed by atoms with Crippen LogP contribution in [0.15, 0.2) is 0 Å². The fourth-order valence-electron chi connectivity index (χ4n) is 2.03. The van der Waals surface area contributed by atoms with Crippen LogP contribution >= 0.6 is 0 Å². The second-order valence-corrected chi connectivity index (χ2v) is 4.66. The molecule has 6 heteroatoms. The zero-order chi connectivity index (χ0) is 13.5. The molecule has 3 N–H and O–H groups in total. The van der Waals surface area contributed by atoms with Gasteiger partial charge in [0.1, 0.15) is 0 Å². The summed E-state index contributed by atoms with van der Waals surface area (Å²) in [5.74, 6) is -0.908. The number of hydrogen-bond donors (Lipinski definition) is 3. The smallest absolute Gasteiger partial charge is 0.315 e. The number of rotatable bonds is 6. The summed E-state index contributed by atoms with van der Waals surface area (Å²) in [6.45, 7) is 4.49. The number of hydrogen-bond acceptors (Lipinski definition) is 3. The molecule has 1 fully saturated rings. The molecule has 104 valence electrons. The molecule has 18 heavy (non-hydrogen) atoms. The number of amides is 2. The minimum absolute atomic E-state index is 0.0573. The molecule has 3 unspecified atom stereocenters. The molecule has 0 radical (unpaired) electrons. The van der Waals surface area contributed by atoms with E-state index in [1.165, 1.54) is 0 Å². The van der Waals surface area contributed by atoms with Gasteiger partial charge in [-0.05, 0) is 26.2 Å². The lowest BCUT2D eigenvalue weighted by molar-refractivity contribution is -0.137. The van der Waals surface area contributed by atoms with E-state index in [0.717, 1.165) is 19.4 Å². The van der Waals surface area contributed by atoms with Crippen LogP contribution in [-0.2, 0) is 9.53 Å². The second kappa shape index (κ2) is 7.20. The quantitative estimate of drug-likeness (QED) is 0.666. The Kier molecular flexibility index (Phi) is 5.91. The minimum Gasteiger partial charge on any atom is -0.481 e. The van der Waals surface area contributed by atoms with E-state index >= 15 is 0 Å². The molecule has 0 aromatic carbocycles. The van der Waals surface area contributed by atoms with Crippen LogP contribution in [0.2, 0.25) is 0 Å². The molecule has 3 atom stereocenters. The van der Waals surface area contributed by atoms with Crippen molar-refractivity contribution < 1.29 is 19.4 Å². The number of aliphatic carboxylic acids is 1. The summed E-state index contributed by atoms with van der Waals surface area (Å²) in [7, 11) is 0. The number of ether oxygens (including phenoxy) is 1. The topological polar surface area (TPSA) is 87.7 Å². The van der Waals surface area contributed by atoms with Gasteiger partial charge in [-0.15, -0.1) is 0 Å². The molecule has 0 saturated carbocycles. The first-order chi connectivity index (χ1) is 8.52. The number of nitrogens with one attached hydrogen (secondary N) is 2. The van der Waals surface area contributed by atoms with E-state index in [0.29, 0.717) is 6.42 Å². The maximum atomic E-state index is 11.7. The fourth-order valence-corrected chi connectivity index (χ4v) is 2.03. The maximum absolute atomic E-state index is 11.7. The van der Waals surface area contributed by atoms with Crippen molar-refractivity contribution in [2.24, 2.45) is 0 Å². The Morgan fingerprint density at radius 2 is 2.17 bits per heavy atom. The van der Waals surface area contributed by atoms with E-state index in [1.807, 2.05) is 13.8 Å². The number of carbonyl (C=O) groups excluding carboxylic acids is 1. The zero-order valence-electron chi connectivity index (χ0n) is 10.9. The van der Waals surface area contributed by atoms with E-state index in [2.05, 4.69) is 10.6 Å². The third kappa shape index (κ3) is 4.91. The van der Waals surface area contributed by atoms with E-state index in [-0.39, 0.29) is 30.6 Å². The predicted octanol–water partition coefficient (Wildman–Crippen LogP) is 1.11. The second-order valence-electron chi connectivity index (χ2n) is 4.66. The summed E-state index contributed by atoms with van der Waals surface area (Å²) in [6, 6.07) is -0.722. The molecule has 2 amide bonds. The van der Waals surface area contributed by atoms with Crippen LogP contribution in [0, 0.1) is 0 Å². The van der Waals surface area contributed by atoms with E-state index in [4.69, 9.17) is 9.84 Å². The molecule has 1 heterocycles. The Balaban J connectivity index is 2.32. The Hall–Kier alpha value is -1.30.